The van der Waals surface area contributed by atoms with Crippen molar-refractivity contribution in [3.05, 3.63) is 34.9 Å². The van der Waals surface area contributed by atoms with Crippen LogP contribution in [-0.4, -0.2) is 41.9 Å². The summed E-state index contributed by atoms with van der Waals surface area (Å²) in [5.74, 6) is -1.13. The van der Waals surface area contributed by atoms with Crippen LogP contribution >= 0.6 is 0 Å². The summed E-state index contributed by atoms with van der Waals surface area (Å²) in [7, 11) is 0. The number of nitrogens with two attached hydrogens (primary N) is 1. The fraction of sp³-hybridized carbons (Fsp3) is 0.636. The van der Waals surface area contributed by atoms with Gasteiger partial charge in [-0.1, -0.05) is 0 Å². The van der Waals surface area contributed by atoms with E-state index in [1.807, 2.05) is 25.7 Å². The van der Waals surface area contributed by atoms with E-state index < -0.39 is 45.8 Å². The third kappa shape index (κ3) is 4.97. The quantitative estimate of drug-likeness (QED) is 0.645. The minimum atomic E-state index is -5.01. The summed E-state index contributed by atoms with van der Waals surface area (Å²) < 4.78 is 80.0. The third-order valence-electron chi connectivity index (χ3n) is 6.58. The number of alkyl halides is 6. The van der Waals surface area contributed by atoms with E-state index in [9.17, 15) is 35.9 Å². The number of amides is 2. The van der Waals surface area contributed by atoms with Gasteiger partial charge in [-0.25, -0.2) is 0 Å². The van der Waals surface area contributed by atoms with Crippen LogP contribution in [0.15, 0.2) is 18.2 Å². The molecule has 1 saturated heterocycles. The molecule has 2 fully saturated rings. The Kier molecular flexibility index (Phi) is 6.05. The smallest absolute Gasteiger partial charge is 0.369 e. The number of halogens is 6. The number of benzene rings is 1. The van der Waals surface area contributed by atoms with Gasteiger partial charge in [0, 0.05) is 5.54 Å². The fourth-order valence-corrected chi connectivity index (χ4v) is 4.97. The lowest BCUT2D eigenvalue weighted by Gasteiger charge is -2.35. The van der Waals surface area contributed by atoms with Crippen LogP contribution in [0.5, 0.6) is 0 Å². The number of carbonyl (C=O) groups is 2. The van der Waals surface area contributed by atoms with Gasteiger partial charge in [-0.2, -0.15) is 26.3 Å². The molecule has 0 aromatic heterocycles. The number of nitrogens with zero attached hydrogens (tertiary/aromatic N) is 1. The van der Waals surface area contributed by atoms with E-state index >= 15 is 0 Å². The normalized spacial score (nSPS) is 23.4. The Labute approximate surface area is 187 Å². The van der Waals surface area contributed by atoms with Crippen LogP contribution in [0.1, 0.15) is 56.7 Å². The lowest BCUT2D eigenvalue weighted by atomic mass is 9.78. The van der Waals surface area contributed by atoms with Crippen LogP contribution < -0.4 is 11.1 Å². The van der Waals surface area contributed by atoms with Gasteiger partial charge in [0.15, 0.2) is 0 Å². The van der Waals surface area contributed by atoms with Crippen LogP contribution in [0.4, 0.5) is 26.3 Å². The number of carbonyl (C=O) groups excluding carboxylic acids is 2. The number of primary amides is 1. The van der Waals surface area contributed by atoms with Gasteiger partial charge >= 0.3 is 12.4 Å². The summed E-state index contributed by atoms with van der Waals surface area (Å²) in [6.45, 7) is 6.37. The maximum absolute atomic E-state index is 13.3. The van der Waals surface area contributed by atoms with Gasteiger partial charge in [0.25, 0.3) is 0 Å². The Bertz CT molecular complexity index is 911. The van der Waals surface area contributed by atoms with Gasteiger partial charge in [-0.15, -0.1) is 0 Å². The van der Waals surface area contributed by atoms with Gasteiger partial charge in [-0.3, -0.25) is 14.5 Å². The summed E-state index contributed by atoms with van der Waals surface area (Å²) in [5.41, 5.74) is -0.534. The zero-order valence-corrected chi connectivity index (χ0v) is 18.6. The fourth-order valence-electron chi connectivity index (χ4n) is 4.97. The predicted molar refractivity (Wildman–Crippen MR) is 108 cm³/mol. The van der Waals surface area contributed by atoms with E-state index in [1.54, 1.807) is 0 Å². The zero-order valence-electron chi connectivity index (χ0n) is 18.6. The highest BCUT2D eigenvalue weighted by Gasteiger charge is 2.71. The topological polar surface area (TPSA) is 75.4 Å². The molecular weight excluding hydrogens is 452 g/mol. The number of nitrogens with one attached hydrogen (secondary N) is 1. The maximum Gasteiger partial charge on any atom is 0.416 e. The molecule has 1 unspecified atom stereocenters. The summed E-state index contributed by atoms with van der Waals surface area (Å²) in [6, 6.07) is 1.26. The second-order valence-electron chi connectivity index (χ2n) is 10.1. The molecule has 3 rings (SSSR count). The third-order valence-corrected chi connectivity index (χ3v) is 6.58. The van der Waals surface area contributed by atoms with Crippen molar-refractivity contribution in [2.24, 2.45) is 11.1 Å². The summed E-state index contributed by atoms with van der Waals surface area (Å²) in [4.78, 5) is 26.5. The molecule has 0 bridgehead atoms. The molecular formula is C22H27F6N3O2. The maximum atomic E-state index is 13.3. The lowest BCUT2D eigenvalue weighted by molar-refractivity contribution is -0.143. The van der Waals surface area contributed by atoms with Crippen molar-refractivity contribution in [1.82, 2.24) is 10.2 Å². The number of hydrogen-bond donors (Lipinski definition) is 2. The Morgan fingerprint density at radius 3 is 1.85 bits per heavy atom. The molecule has 5 nitrogen and oxygen atoms in total. The highest BCUT2D eigenvalue weighted by atomic mass is 19.4. The Balaban J connectivity index is 1.87. The summed E-state index contributed by atoms with van der Waals surface area (Å²) in [6.07, 6.45) is -9.29. The largest absolute Gasteiger partial charge is 0.416 e. The molecule has 1 atom stereocenters. The van der Waals surface area contributed by atoms with E-state index in [0.29, 0.717) is 38.1 Å². The summed E-state index contributed by atoms with van der Waals surface area (Å²) in [5, 5.41) is 2.84. The molecule has 1 aliphatic heterocycles. The molecule has 11 heteroatoms. The lowest BCUT2D eigenvalue weighted by Crippen LogP contribution is -2.48. The van der Waals surface area contributed by atoms with Gasteiger partial charge in [0.05, 0.1) is 23.1 Å². The van der Waals surface area contributed by atoms with Crippen molar-refractivity contribution in [2.75, 3.05) is 19.6 Å². The minimum Gasteiger partial charge on any atom is -0.369 e. The van der Waals surface area contributed by atoms with Crippen LogP contribution in [0, 0.1) is 5.41 Å². The van der Waals surface area contributed by atoms with Gasteiger partial charge in [0.1, 0.15) is 0 Å². The van der Waals surface area contributed by atoms with Crippen LogP contribution in [0.2, 0.25) is 0 Å². The molecule has 184 valence electrons. The molecule has 3 N–H and O–H groups in total. The van der Waals surface area contributed by atoms with E-state index in [4.69, 9.17) is 5.73 Å². The number of likely N-dealkylation sites (tertiary alicyclic amines) is 1. The standard InChI is InChI=1S/C22H27F6N3O2/c1-18(2,3)30-16(32)11-31-6-4-19(5-7-31)12-20(19,17(29)33)13-8-14(21(23,24)25)10-15(9-13)22(26,27)28/h8-10H,4-7,11-12H2,1-3H3,(H2,29,33)(H,30,32). The van der Waals surface area contributed by atoms with Gasteiger partial charge in [-0.05, 0) is 82.3 Å². The number of rotatable bonds is 4. The average Bonchev–Trinajstić information content (AvgIpc) is 3.30. The van der Waals surface area contributed by atoms with E-state index in [1.165, 1.54) is 0 Å². The first-order chi connectivity index (χ1) is 14.9. The molecule has 0 radical (unpaired) electrons. The molecule has 1 heterocycles. The van der Waals surface area contributed by atoms with E-state index in [-0.39, 0.29) is 30.5 Å². The predicted octanol–water partition coefficient (Wildman–Crippen LogP) is 3.85. The van der Waals surface area contributed by atoms with Crippen LogP contribution in [0.25, 0.3) is 0 Å². The molecule has 1 spiro atoms. The van der Waals surface area contributed by atoms with E-state index in [2.05, 4.69) is 5.32 Å². The summed E-state index contributed by atoms with van der Waals surface area (Å²) >= 11 is 0. The SMILES string of the molecule is CC(C)(C)NC(=O)CN1CCC2(CC1)CC2(C(N)=O)c1cc(C(F)(F)F)cc(C(F)(F)F)c1. The first-order valence-electron chi connectivity index (χ1n) is 10.5. The van der Waals surface area contributed by atoms with E-state index in [0.717, 1.165) is 0 Å². The molecule has 1 aromatic carbocycles. The molecule has 1 aliphatic carbocycles. The molecule has 2 aliphatic rings. The highest BCUT2D eigenvalue weighted by molar-refractivity contribution is 5.92. The molecule has 1 saturated carbocycles. The second kappa shape index (κ2) is 7.89. The van der Waals surface area contributed by atoms with Gasteiger partial charge < -0.3 is 11.1 Å². The molecule has 2 amide bonds. The monoisotopic (exact) mass is 479 g/mol. The van der Waals surface area contributed by atoms with Crippen molar-refractivity contribution < 1.29 is 35.9 Å². The number of piperidine rings is 1. The number of hydrogen-bond acceptors (Lipinski definition) is 3. The van der Waals surface area contributed by atoms with Crippen molar-refractivity contribution in [3.8, 4) is 0 Å². The zero-order chi connectivity index (χ0) is 25.0. The highest BCUT2D eigenvalue weighted by Crippen LogP contribution is 2.69. The Hall–Kier alpha value is -2.30. The van der Waals surface area contributed by atoms with Crippen molar-refractivity contribution >= 4 is 11.8 Å². The van der Waals surface area contributed by atoms with Crippen molar-refractivity contribution in [3.63, 3.8) is 0 Å². The Morgan fingerprint density at radius 1 is 0.970 bits per heavy atom. The van der Waals surface area contributed by atoms with Crippen molar-refractivity contribution in [1.29, 1.82) is 0 Å². The minimum absolute atomic E-state index is 0.0453. The first-order valence-corrected chi connectivity index (χ1v) is 10.5. The van der Waals surface area contributed by atoms with Crippen LogP contribution in [0.3, 0.4) is 0 Å². The molecule has 1 aromatic rings. The first kappa shape index (κ1) is 25.3. The van der Waals surface area contributed by atoms with Crippen LogP contribution in [-0.2, 0) is 27.4 Å². The Morgan fingerprint density at radius 2 is 1.45 bits per heavy atom. The second-order valence-corrected chi connectivity index (χ2v) is 10.1. The van der Waals surface area contributed by atoms with Crippen molar-refractivity contribution in [2.45, 2.75) is 63.3 Å². The molecule has 33 heavy (non-hydrogen) atoms. The van der Waals surface area contributed by atoms with Gasteiger partial charge in [0.2, 0.25) is 11.8 Å². The average molecular weight is 479 g/mol.